The predicted octanol–water partition coefficient (Wildman–Crippen LogP) is 0.385. The molecular weight excluding hydrogens is 135 g/mol. The van der Waals surface area contributed by atoms with Crippen LogP contribution < -0.4 is 0 Å². The predicted molar refractivity (Wildman–Crippen MR) is 17.9 cm³/mol. The van der Waals surface area contributed by atoms with Gasteiger partial charge in [-0.15, -0.1) is 0 Å². The Bertz CT molecular complexity index is 32.6. The second-order valence-electron chi connectivity index (χ2n) is 0.283. The van der Waals surface area contributed by atoms with Crippen molar-refractivity contribution in [2.45, 2.75) is 0 Å². The minimum absolute atomic E-state index is 0. The molecule has 0 aromatic heterocycles. The van der Waals surface area contributed by atoms with Crippen molar-refractivity contribution in [1.29, 1.82) is 0 Å². The first-order chi connectivity index (χ1) is 1.73. The standard InChI is InChI=1S/CH2O2S.Ni/c2-1(3)4;/h(H2,2,3,4);. The molecule has 2 N–H and O–H groups in total. The van der Waals surface area contributed by atoms with Crippen LogP contribution in [0.1, 0.15) is 0 Å². The molecule has 0 aliphatic heterocycles. The van der Waals surface area contributed by atoms with E-state index in [1.54, 1.807) is 0 Å². The van der Waals surface area contributed by atoms with Gasteiger partial charge in [-0.25, -0.2) is 0 Å². The van der Waals surface area contributed by atoms with Gasteiger partial charge in [-0.3, -0.25) is 0 Å². The van der Waals surface area contributed by atoms with Crippen LogP contribution in [0.5, 0.6) is 0 Å². The molecule has 0 rings (SSSR count). The monoisotopic (exact) mass is 136 g/mol. The van der Waals surface area contributed by atoms with Gasteiger partial charge in [0.1, 0.15) is 0 Å². The van der Waals surface area contributed by atoms with Crippen molar-refractivity contribution < 1.29 is 26.7 Å². The molecule has 0 heterocycles. The van der Waals surface area contributed by atoms with Gasteiger partial charge in [-0.1, -0.05) is 0 Å². The zero-order chi connectivity index (χ0) is 3.58. The molecule has 0 aliphatic rings. The fourth-order valence-corrected chi connectivity index (χ4v) is 0. The van der Waals surface area contributed by atoms with Crippen molar-refractivity contribution in [2.75, 3.05) is 0 Å². The maximum atomic E-state index is 7.34. The smallest absolute Gasteiger partial charge is 0.347 e. The van der Waals surface area contributed by atoms with Gasteiger partial charge < -0.3 is 10.2 Å². The Morgan fingerprint density at radius 1 is 1.40 bits per heavy atom. The molecule has 0 unspecified atom stereocenters. The summed E-state index contributed by atoms with van der Waals surface area (Å²) in [7, 11) is 0. The Hall–Kier alpha value is 0.184. The van der Waals surface area contributed by atoms with E-state index < -0.39 is 5.24 Å². The Kier molecular flexibility index (Phi) is 7.49. The summed E-state index contributed by atoms with van der Waals surface area (Å²) in [5.74, 6) is 0. The quantitative estimate of drug-likeness (QED) is 0.374. The zero-order valence-electron chi connectivity index (χ0n) is 2.12. The fourth-order valence-electron chi connectivity index (χ4n) is 0. The fraction of sp³-hybridized carbons (Fsp3) is 0. The SMILES string of the molecule is OC(O)=S.[Ni]. The average molecular weight is 137 g/mol. The van der Waals surface area contributed by atoms with E-state index in [0.717, 1.165) is 0 Å². The second-order valence-corrected chi connectivity index (χ2v) is 0.648. The van der Waals surface area contributed by atoms with Crippen molar-refractivity contribution in [3.63, 3.8) is 0 Å². The molecule has 0 aromatic carbocycles. The third-order valence-electron chi connectivity index (χ3n) is 0. The molecule has 0 atom stereocenters. The van der Waals surface area contributed by atoms with Crippen LogP contribution in [0.4, 0.5) is 0 Å². The summed E-state index contributed by atoms with van der Waals surface area (Å²) in [4.78, 5) is 0. The van der Waals surface area contributed by atoms with Crippen LogP contribution in [-0.2, 0) is 16.5 Å². The number of thiocarbonyl (C=S) groups is 1. The number of hydrogen-bond donors (Lipinski definition) is 2. The van der Waals surface area contributed by atoms with Crippen LogP contribution in [0.15, 0.2) is 0 Å². The average Bonchev–Trinajstić information content (AvgIpc) is 0.811. The summed E-state index contributed by atoms with van der Waals surface area (Å²) in [6.45, 7) is 0. The molecule has 0 saturated heterocycles. The zero-order valence-corrected chi connectivity index (χ0v) is 3.92. The molecule has 0 radical (unpaired) electrons. The van der Waals surface area contributed by atoms with E-state index in [1.807, 2.05) is 0 Å². The minimum atomic E-state index is -1.000. The molecule has 0 spiro atoms. The summed E-state index contributed by atoms with van der Waals surface area (Å²) in [5, 5.41) is 13.7. The normalized spacial score (nSPS) is 4.80. The molecule has 0 aromatic rings. The van der Waals surface area contributed by atoms with Gasteiger partial charge in [0.05, 0.1) is 0 Å². The van der Waals surface area contributed by atoms with Crippen molar-refractivity contribution in [1.82, 2.24) is 0 Å². The van der Waals surface area contributed by atoms with Crippen molar-refractivity contribution in [3.05, 3.63) is 0 Å². The van der Waals surface area contributed by atoms with E-state index in [-0.39, 0.29) is 16.5 Å². The van der Waals surface area contributed by atoms with E-state index in [0.29, 0.717) is 0 Å². The second kappa shape index (κ2) is 4.18. The molecule has 5 heavy (non-hydrogen) atoms. The molecule has 34 valence electrons. The van der Waals surface area contributed by atoms with Crippen LogP contribution >= 0.6 is 12.2 Å². The number of aliphatic hydroxyl groups is 2. The van der Waals surface area contributed by atoms with E-state index in [1.165, 1.54) is 0 Å². The minimum Gasteiger partial charge on any atom is -0.473 e. The molecule has 2 nitrogen and oxygen atoms in total. The van der Waals surface area contributed by atoms with E-state index in [4.69, 9.17) is 10.2 Å². The topological polar surface area (TPSA) is 40.5 Å². The summed E-state index contributed by atoms with van der Waals surface area (Å²) >= 11 is 3.65. The van der Waals surface area contributed by atoms with Gasteiger partial charge in [0.15, 0.2) is 0 Å². The number of aliphatic hydroxyl groups excluding tert-OH is 1. The van der Waals surface area contributed by atoms with Crippen molar-refractivity contribution in [2.24, 2.45) is 0 Å². The van der Waals surface area contributed by atoms with Crippen LogP contribution in [-0.4, -0.2) is 15.4 Å². The summed E-state index contributed by atoms with van der Waals surface area (Å²) in [6, 6.07) is 0. The van der Waals surface area contributed by atoms with E-state index in [2.05, 4.69) is 12.2 Å². The van der Waals surface area contributed by atoms with Gasteiger partial charge in [0.2, 0.25) is 0 Å². The van der Waals surface area contributed by atoms with E-state index >= 15 is 0 Å². The Labute approximate surface area is 44.7 Å². The van der Waals surface area contributed by atoms with Gasteiger partial charge in [-0.2, -0.15) is 0 Å². The molecule has 4 heteroatoms. The number of hydrogen-bond acceptors (Lipinski definition) is 1. The van der Waals surface area contributed by atoms with Crippen molar-refractivity contribution >= 4 is 17.5 Å². The van der Waals surface area contributed by atoms with E-state index in [9.17, 15) is 0 Å². The molecule has 0 aliphatic carbocycles. The first-order valence-corrected chi connectivity index (χ1v) is 1.06. The summed E-state index contributed by atoms with van der Waals surface area (Å²) < 4.78 is 0. The summed E-state index contributed by atoms with van der Waals surface area (Å²) in [5.41, 5.74) is 0. The van der Waals surface area contributed by atoms with Crippen LogP contribution in [0, 0.1) is 0 Å². The van der Waals surface area contributed by atoms with Gasteiger partial charge in [-0.05, 0) is 0 Å². The van der Waals surface area contributed by atoms with Gasteiger partial charge in [0, 0.05) is 28.7 Å². The van der Waals surface area contributed by atoms with Crippen molar-refractivity contribution in [3.8, 4) is 0 Å². The molecule has 0 bridgehead atoms. The third-order valence-corrected chi connectivity index (χ3v) is 0. The van der Waals surface area contributed by atoms with Crippen LogP contribution in [0.25, 0.3) is 0 Å². The Balaban J connectivity index is 0. The first kappa shape index (κ1) is 8.95. The summed E-state index contributed by atoms with van der Waals surface area (Å²) in [6.07, 6.45) is 0. The molecular formula is CH2NiO2S. The number of rotatable bonds is 0. The third kappa shape index (κ3) is 592. The maximum Gasteiger partial charge on any atom is 0.347 e. The van der Waals surface area contributed by atoms with Gasteiger partial charge in [0.25, 0.3) is 0 Å². The van der Waals surface area contributed by atoms with Crippen LogP contribution in [0.3, 0.4) is 0 Å². The molecule has 0 fully saturated rings. The van der Waals surface area contributed by atoms with Gasteiger partial charge >= 0.3 is 5.24 Å². The molecule has 0 saturated carbocycles. The Morgan fingerprint density at radius 3 is 1.40 bits per heavy atom. The largest absolute Gasteiger partial charge is 0.473 e. The first-order valence-electron chi connectivity index (χ1n) is 0.651. The molecule has 0 amide bonds. The maximum absolute atomic E-state index is 7.34. The van der Waals surface area contributed by atoms with Crippen LogP contribution in [0.2, 0.25) is 0 Å². The Morgan fingerprint density at radius 2 is 1.40 bits per heavy atom.